The van der Waals surface area contributed by atoms with E-state index in [-0.39, 0.29) is 30.2 Å². The molecule has 0 aromatic heterocycles. The van der Waals surface area contributed by atoms with Crippen molar-refractivity contribution < 1.29 is 33.5 Å². The number of nitro groups is 1. The molecule has 0 radical (unpaired) electrons. The maximum absolute atomic E-state index is 13.0. The van der Waals surface area contributed by atoms with Crippen molar-refractivity contribution in [3.8, 4) is 5.75 Å². The molecule has 188 valence electrons. The minimum absolute atomic E-state index is 0.0110. The summed E-state index contributed by atoms with van der Waals surface area (Å²) in [6.45, 7) is 10.5. The van der Waals surface area contributed by atoms with Gasteiger partial charge in [-0.05, 0) is 60.5 Å². The van der Waals surface area contributed by atoms with E-state index >= 15 is 0 Å². The number of carbonyl (C=O) groups excluding carboxylic acids is 3. The number of ether oxygens (including phenoxy) is 3. The first-order valence-corrected chi connectivity index (χ1v) is 11.0. The van der Waals surface area contributed by atoms with Crippen molar-refractivity contribution in [2.24, 2.45) is 0 Å². The lowest BCUT2D eigenvalue weighted by atomic mass is 10.1. The van der Waals surface area contributed by atoms with Crippen LogP contribution in [0.3, 0.4) is 0 Å². The number of rotatable bonds is 7. The second-order valence-corrected chi connectivity index (χ2v) is 9.94. The van der Waals surface area contributed by atoms with Gasteiger partial charge in [0.15, 0.2) is 0 Å². The molecule has 0 fully saturated rings. The maximum atomic E-state index is 13.0. The van der Waals surface area contributed by atoms with Crippen molar-refractivity contribution in [2.75, 3.05) is 18.6 Å². The van der Waals surface area contributed by atoms with Crippen LogP contribution in [0.25, 0.3) is 0 Å². The van der Waals surface area contributed by atoms with E-state index in [1.807, 2.05) is 0 Å². The van der Waals surface area contributed by atoms with E-state index in [2.05, 4.69) is 5.32 Å². The number of benzene rings is 1. The number of alkyl carbamates (subject to hydrolysis) is 1. The fourth-order valence-corrected chi connectivity index (χ4v) is 3.55. The lowest BCUT2D eigenvalue weighted by Crippen LogP contribution is -2.46. The van der Waals surface area contributed by atoms with Crippen LogP contribution in [0.1, 0.15) is 59.9 Å². The smallest absolute Gasteiger partial charge is 0.408 e. The average molecular weight is 480 g/mol. The van der Waals surface area contributed by atoms with Crippen LogP contribution in [0.4, 0.5) is 16.2 Å². The highest BCUT2D eigenvalue weighted by molar-refractivity contribution is 5.97. The van der Waals surface area contributed by atoms with Gasteiger partial charge in [-0.2, -0.15) is 0 Å². The van der Waals surface area contributed by atoms with E-state index < -0.39 is 34.2 Å². The molecule has 1 aromatic rings. The molecule has 0 bridgehead atoms. The molecule has 1 aliphatic heterocycles. The summed E-state index contributed by atoms with van der Waals surface area (Å²) in [6, 6.07) is 1.73. The fraction of sp³-hybridized carbons (Fsp3) is 0.609. The summed E-state index contributed by atoms with van der Waals surface area (Å²) in [5.74, 6) is -0.837. The molecule has 0 saturated heterocycles. The highest BCUT2D eigenvalue weighted by Gasteiger charge is 2.33. The summed E-state index contributed by atoms with van der Waals surface area (Å²) in [5, 5.41) is 13.8. The molecule has 1 atom stereocenters. The molecule has 0 spiro atoms. The molecular formula is C23H33N3O8. The highest BCUT2D eigenvalue weighted by atomic mass is 16.6. The number of hydrogen-bond donors (Lipinski definition) is 1. The number of hydrogen-bond acceptors (Lipinski definition) is 8. The Morgan fingerprint density at radius 1 is 1.12 bits per heavy atom. The van der Waals surface area contributed by atoms with Crippen LogP contribution < -0.4 is 15.0 Å². The Bertz CT molecular complexity index is 962. The van der Waals surface area contributed by atoms with Crippen LogP contribution in [0.5, 0.6) is 5.75 Å². The van der Waals surface area contributed by atoms with Crippen LogP contribution in [-0.2, 0) is 25.5 Å². The number of nitrogens with zero attached hydrogens (tertiary/aromatic N) is 2. The summed E-state index contributed by atoms with van der Waals surface area (Å²) in [5.41, 5.74) is -0.600. The third-order valence-electron chi connectivity index (χ3n) is 4.82. The van der Waals surface area contributed by atoms with Gasteiger partial charge in [-0.25, -0.2) is 9.59 Å². The number of fused-ring (bicyclic) bond motifs is 1. The molecule has 2 rings (SSSR count). The molecule has 1 N–H and O–H groups in total. The van der Waals surface area contributed by atoms with Crippen molar-refractivity contribution in [1.82, 2.24) is 5.32 Å². The Labute approximate surface area is 198 Å². The number of nitro benzene ring substituents is 1. The molecule has 0 saturated carbocycles. The van der Waals surface area contributed by atoms with Gasteiger partial charge < -0.3 is 24.4 Å². The van der Waals surface area contributed by atoms with E-state index in [0.29, 0.717) is 24.2 Å². The number of carbonyl (C=O) groups is 3. The van der Waals surface area contributed by atoms with E-state index in [1.54, 1.807) is 41.5 Å². The van der Waals surface area contributed by atoms with Crippen molar-refractivity contribution in [3.63, 3.8) is 0 Å². The topological polar surface area (TPSA) is 137 Å². The first kappa shape index (κ1) is 26.9. The number of amides is 2. The zero-order chi connectivity index (χ0) is 25.8. The summed E-state index contributed by atoms with van der Waals surface area (Å²) in [4.78, 5) is 50.2. The Hall–Kier alpha value is -3.37. The van der Waals surface area contributed by atoms with Gasteiger partial charge in [-0.3, -0.25) is 14.9 Å². The zero-order valence-corrected chi connectivity index (χ0v) is 20.7. The van der Waals surface area contributed by atoms with Crippen molar-refractivity contribution in [3.05, 3.63) is 27.8 Å². The Morgan fingerprint density at radius 3 is 2.26 bits per heavy atom. The minimum Gasteiger partial charge on any atom is -0.490 e. The molecule has 34 heavy (non-hydrogen) atoms. The first-order valence-electron chi connectivity index (χ1n) is 11.0. The third-order valence-corrected chi connectivity index (χ3v) is 4.82. The number of nitrogens with one attached hydrogen (secondary N) is 1. The SMILES string of the molecule is COc1c([N+](=O)[O-])ccc2c1CCN2C(=O)CC[C@@H](NC(=O)OC(C)(C)C)C(=O)OC(C)(C)C. The zero-order valence-electron chi connectivity index (χ0n) is 20.7. The summed E-state index contributed by atoms with van der Waals surface area (Å²) < 4.78 is 15.9. The predicted octanol–water partition coefficient (Wildman–Crippen LogP) is 3.51. The van der Waals surface area contributed by atoms with Crippen LogP contribution in [-0.4, -0.2) is 53.8 Å². The number of esters is 1. The molecule has 2 amide bonds. The van der Waals surface area contributed by atoms with E-state index in [9.17, 15) is 24.5 Å². The summed E-state index contributed by atoms with van der Waals surface area (Å²) in [6.07, 6.45) is -0.474. The molecule has 1 heterocycles. The summed E-state index contributed by atoms with van der Waals surface area (Å²) in [7, 11) is 1.35. The van der Waals surface area contributed by atoms with Crippen molar-refractivity contribution in [2.45, 2.75) is 78.0 Å². The van der Waals surface area contributed by atoms with Crippen LogP contribution in [0, 0.1) is 10.1 Å². The van der Waals surface area contributed by atoms with Gasteiger partial charge >= 0.3 is 17.7 Å². The van der Waals surface area contributed by atoms with Gasteiger partial charge in [0.2, 0.25) is 11.7 Å². The minimum atomic E-state index is -1.09. The number of methoxy groups -OCH3 is 1. The molecule has 11 heteroatoms. The normalized spacial score (nSPS) is 14.1. The van der Waals surface area contributed by atoms with Crippen LogP contribution >= 0.6 is 0 Å². The molecule has 0 unspecified atom stereocenters. The van der Waals surface area contributed by atoms with Crippen molar-refractivity contribution in [1.29, 1.82) is 0 Å². The lowest BCUT2D eigenvalue weighted by Gasteiger charge is -2.26. The van der Waals surface area contributed by atoms with Gasteiger partial charge in [0.05, 0.1) is 17.7 Å². The Balaban J connectivity index is 2.16. The largest absolute Gasteiger partial charge is 0.490 e. The molecule has 1 aliphatic rings. The lowest BCUT2D eigenvalue weighted by molar-refractivity contribution is -0.385. The van der Waals surface area contributed by atoms with E-state index in [1.165, 1.54) is 24.1 Å². The highest BCUT2D eigenvalue weighted by Crippen LogP contribution is 2.41. The van der Waals surface area contributed by atoms with Gasteiger partial charge in [0, 0.05) is 24.6 Å². The maximum Gasteiger partial charge on any atom is 0.408 e. The predicted molar refractivity (Wildman–Crippen MR) is 124 cm³/mol. The quantitative estimate of drug-likeness (QED) is 0.356. The molecule has 0 aliphatic carbocycles. The van der Waals surface area contributed by atoms with Crippen LogP contribution in [0.15, 0.2) is 12.1 Å². The Morgan fingerprint density at radius 2 is 1.74 bits per heavy atom. The van der Waals surface area contributed by atoms with Gasteiger partial charge in [-0.1, -0.05) is 0 Å². The monoisotopic (exact) mass is 479 g/mol. The fourth-order valence-electron chi connectivity index (χ4n) is 3.55. The molecule has 1 aromatic carbocycles. The average Bonchev–Trinajstić information content (AvgIpc) is 3.11. The summed E-state index contributed by atoms with van der Waals surface area (Å²) >= 11 is 0. The first-order chi connectivity index (χ1) is 15.6. The third kappa shape index (κ3) is 7.06. The van der Waals surface area contributed by atoms with Crippen molar-refractivity contribution >= 4 is 29.3 Å². The van der Waals surface area contributed by atoms with E-state index in [0.717, 1.165) is 0 Å². The Kier molecular flexibility index (Phi) is 8.12. The van der Waals surface area contributed by atoms with Gasteiger partial charge in [0.25, 0.3) is 0 Å². The number of anilines is 1. The molecular weight excluding hydrogens is 446 g/mol. The molecule has 11 nitrogen and oxygen atoms in total. The van der Waals surface area contributed by atoms with Crippen LogP contribution in [0.2, 0.25) is 0 Å². The second-order valence-electron chi connectivity index (χ2n) is 9.94. The van der Waals surface area contributed by atoms with Gasteiger partial charge in [0.1, 0.15) is 17.2 Å². The standard InChI is InChI=1S/C23H33N3O8/c1-22(2,3)33-20(28)15(24-21(29)34-23(4,5)6)8-11-18(27)25-13-12-14-16(25)9-10-17(26(30)31)19(14)32-7/h9-10,15H,8,11-13H2,1-7H3,(H,24,29)/t15-/m1/s1. The van der Waals surface area contributed by atoms with E-state index in [4.69, 9.17) is 14.2 Å². The second kappa shape index (κ2) is 10.3. The van der Waals surface area contributed by atoms with Gasteiger partial charge in [-0.15, -0.1) is 0 Å².